The third-order valence-corrected chi connectivity index (χ3v) is 5.31. The normalized spacial score (nSPS) is 15.0. The molecule has 30 heavy (non-hydrogen) atoms. The molecule has 0 radical (unpaired) electrons. The van der Waals surface area contributed by atoms with Gasteiger partial charge in [-0.05, 0) is 49.2 Å². The van der Waals surface area contributed by atoms with Gasteiger partial charge >= 0.3 is 0 Å². The largest absolute Gasteiger partial charge is 0.490 e. The number of benzene rings is 3. The van der Waals surface area contributed by atoms with Crippen LogP contribution < -0.4 is 15.0 Å². The second kappa shape index (κ2) is 7.67. The number of nitrogens with one attached hydrogen (secondary N) is 1. The van der Waals surface area contributed by atoms with Crippen LogP contribution in [-0.2, 0) is 4.79 Å². The van der Waals surface area contributed by atoms with Gasteiger partial charge in [0.25, 0.3) is 5.91 Å². The zero-order chi connectivity index (χ0) is 21.3. The topological polar surface area (TPSA) is 58.6 Å². The maximum Gasteiger partial charge on any atom is 0.255 e. The van der Waals surface area contributed by atoms with Gasteiger partial charge in [-0.2, -0.15) is 0 Å². The first-order chi connectivity index (χ1) is 14.3. The number of hydrogen-bond donors (Lipinski definition) is 1. The highest BCUT2D eigenvalue weighted by Crippen LogP contribution is 2.37. The first-order valence-corrected chi connectivity index (χ1v) is 9.87. The number of ether oxygens (including phenoxy) is 1. The molecule has 0 aromatic heterocycles. The Morgan fingerprint density at radius 3 is 2.33 bits per heavy atom. The Morgan fingerprint density at radius 1 is 0.967 bits per heavy atom. The second-order valence-electron chi connectivity index (χ2n) is 8.12. The standard InChI is InChI=1S/C25H24N2O3/c1-25(2)16-30-22-15-20(13-14-21(22)27(3)24(25)29)26-23(28)19-11-9-18(10-12-19)17-7-5-4-6-8-17/h4-15H,16H2,1-3H3,(H,26,28). The quantitative estimate of drug-likeness (QED) is 0.674. The average molecular weight is 400 g/mol. The van der Waals surface area contributed by atoms with Crippen LogP contribution in [0.1, 0.15) is 24.2 Å². The molecule has 0 unspecified atom stereocenters. The van der Waals surface area contributed by atoms with E-state index in [0.29, 0.717) is 22.7 Å². The lowest BCUT2D eigenvalue weighted by Gasteiger charge is -2.24. The van der Waals surface area contributed by atoms with Crippen LogP contribution in [0.3, 0.4) is 0 Å². The van der Waals surface area contributed by atoms with Gasteiger partial charge in [-0.1, -0.05) is 42.5 Å². The molecule has 5 nitrogen and oxygen atoms in total. The zero-order valence-electron chi connectivity index (χ0n) is 17.3. The molecule has 1 aliphatic rings. The SMILES string of the molecule is CN1C(=O)C(C)(C)COc2cc(NC(=O)c3ccc(-c4ccccc4)cc3)ccc21. The third kappa shape index (κ3) is 3.79. The van der Waals surface area contributed by atoms with Gasteiger partial charge in [0.2, 0.25) is 5.91 Å². The Bertz CT molecular complexity index is 1090. The maximum atomic E-state index is 12.7. The van der Waals surface area contributed by atoms with E-state index in [1.165, 1.54) is 0 Å². The maximum absolute atomic E-state index is 12.7. The van der Waals surface area contributed by atoms with E-state index in [2.05, 4.69) is 5.32 Å². The van der Waals surface area contributed by atoms with E-state index in [0.717, 1.165) is 11.1 Å². The summed E-state index contributed by atoms with van der Waals surface area (Å²) >= 11 is 0. The predicted molar refractivity (Wildman–Crippen MR) is 119 cm³/mol. The monoisotopic (exact) mass is 400 g/mol. The molecule has 0 atom stereocenters. The number of nitrogens with zero attached hydrogens (tertiary/aromatic N) is 1. The summed E-state index contributed by atoms with van der Waals surface area (Å²) in [5.41, 5.74) is 3.42. The molecular formula is C25H24N2O3. The van der Waals surface area contributed by atoms with Crippen molar-refractivity contribution in [2.45, 2.75) is 13.8 Å². The van der Waals surface area contributed by atoms with Crippen LogP contribution in [0.5, 0.6) is 5.75 Å². The highest BCUT2D eigenvalue weighted by Gasteiger charge is 2.36. The van der Waals surface area contributed by atoms with Gasteiger partial charge in [0, 0.05) is 24.4 Å². The van der Waals surface area contributed by atoms with E-state index in [1.54, 1.807) is 30.1 Å². The van der Waals surface area contributed by atoms with Crippen molar-refractivity contribution in [1.29, 1.82) is 0 Å². The fourth-order valence-corrected chi connectivity index (χ4v) is 3.52. The summed E-state index contributed by atoms with van der Waals surface area (Å²) in [6, 6.07) is 22.9. The summed E-state index contributed by atoms with van der Waals surface area (Å²) < 4.78 is 5.88. The highest BCUT2D eigenvalue weighted by molar-refractivity contribution is 6.05. The van der Waals surface area contributed by atoms with Crippen molar-refractivity contribution < 1.29 is 14.3 Å². The van der Waals surface area contributed by atoms with Crippen molar-refractivity contribution in [1.82, 2.24) is 0 Å². The van der Waals surface area contributed by atoms with Crippen LogP contribution in [0.2, 0.25) is 0 Å². The summed E-state index contributed by atoms with van der Waals surface area (Å²) in [4.78, 5) is 26.9. The Labute approximate surface area is 176 Å². The van der Waals surface area contributed by atoms with Gasteiger partial charge in [0.15, 0.2) is 0 Å². The van der Waals surface area contributed by atoms with Gasteiger partial charge in [-0.15, -0.1) is 0 Å². The second-order valence-corrected chi connectivity index (χ2v) is 8.12. The highest BCUT2D eigenvalue weighted by atomic mass is 16.5. The Kier molecular flexibility index (Phi) is 5.04. The molecule has 0 aliphatic carbocycles. The van der Waals surface area contributed by atoms with Crippen LogP contribution in [-0.4, -0.2) is 25.5 Å². The number of anilines is 2. The molecule has 152 valence electrons. The molecule has 1 aliphatic heterocycles. The third-order valence-electron chi connectivity index (χ3n) is 5.31. The number of carbonyl (C=O) groups excluding carboxylic acids is 2. The van der Waals surface area contributed by atoms with Crippen LogP contribution in [0.25, 0.3) is 11.1 Å². The molecule has 0 saturated heterocycles. The summed E-state index contributed by atoms with van der Waals surface area (Å²) in [5.74, 6) is 0.373. The molecule has 5 heteroatoms. The van der Waals surface area contributed by atoms with E-state index in [4.69, 9.17) is 4.74 Å². The molecule has 1 N–H and O–H groups in total. The van der Waals surface area contributed by atoms with Gasteiger partial charge in [-0.3, -0.25) is 9.59 Å². The fourth-order valence-electron chi connectivity index (χ4n) is 3.52. The molecule has 2 amide bonds. The van der Waals surface area contributed by atoms with E-state index >= 15 is 0 Å². The van der Waals surface area contributed by atoms with E-state index < -0.39 is 5.41 Å². The van der Waals surface area contributed by atoms with Crippen LogP contribution in [0, 0.1) is 5.41 Å². The lowest BCUT2D eigenvalue weighted by molar-refractivity contribution is -0.127. The van der Waals surface area contributed by atoms with Crippen molar-refractivity contribution in [3.63, 3.8) is 0 Å². The van der Waals surface area contributed by atoms with Crippen LogP contribution in [0.15, 0.2) is 72.8 Å². The van der Waals surface area contributed by atoms with Gasteiger partial charge in [0.05, 0.1) is 11.1 Å². The number of carbonyl (C=O) groups is 2. The van der Waals surface area contributed by atoms with Crippen molar-refractivity contribution in [3.8, 4) is 16.9 Å². The molecule has 0 spiro atoms. The zero-order valence-corrected chi connectivity index (χ0v) is 17.3. The molecule has 3 aromatic carbocycles. The predicted octanol–water partition coefficient (Wildman–Crippen LogP) is 4.99. The van der Waals surface area contributed by atoms with E-state index in [1.807, 2.05) is 68.4 Å². The van der Waals surface area contributed by atoms with Gasteiger partial charge < -0.3 is 15.0 Å². The summed E-state index contributed by atoms with van der Waals surface area (Å²) in [7, 11) is 1.74. The van der Waals surface area contributed by atoms with Crippen molar-refractivity contribution >= 4 is 23.2 Å². The minimum absolute atomic E-state index is 0.00320. The molecule has 0 bridgehead atoms. The summed E-state index contributed by atoms with van der Waals surface area (Å²) in [6.45, 7) is 4.00. The number of rotatable bonds is 3. The molecule has 1 heterocycles. The fraction of sp³-hybridized carbons (Fsp3) is 0.200. The Balaban J connectivity index is 1.52. The van der Waals surface area contributed by atoms with Gasteiger partial charge in [-0.25, -0.2) is 0 Å². The Hall–Kier alpha value is -3.60. The van der Waals surface area contributed by atoms with Gasteiger partial charge in [0.1, 0.15) is 12.4 Å². The molecular weight excluding hydrogens is 376 g/mol. The first kappa shape index (κ1) is 19.7. The van der Waals surface area contributed by atoms with Crippen molar-refractivity contribution in [2.75, 3.05) is 23.9 Å². The average Bonchev–Trinajstić information content (AvgIpc) is 2.85. The Morgan fingerprint density at radius 2 is 1.63 bits per heavy atom. The van der Waals surface area contributed by atoms with Crippen molar-refractivity contribution in [3.05, 3.63) is 78.4 Å². The van der Waals surface area contributed by atoms with Crippen molar-refractivity contribution in [2.24, 2.45) is 5.41 Å². The lowest BCUT2D eigenvalue weighted by atomic mass is 9.93. The number of hydrogen-bond acceptors (Lipinski definition) is 3. The minimum Gasteiger partial charge on any atom is -0.490 e. The van der Waals surface area contributed by atoms with Crippen LogP contribution >= 0.6 is 0 Å². The van der Waals surface area contributed by atoms with E-state index in [9.17, 15) is 9.59 Å². The first-order valence-electron chi connectivity index (χ1n) is 9.87. The number of fused-ring (bicyclic) bond motifs is 1. The number of amides is 2. The molecule has 0 fully saturated rings. The molecule has 0 saturated carbocycles. The molecule has 4 rings (SSSR count). The van der Waals surface area contributed by atoms with E-state index in [-0.39, 0.29) is 18.4 Å². The summed E-state index contributed by atoms with van der Waals surface area (Å²) in [5, 5.41) is 2.91. The lowest BCUT2D eigenvalue weighted by Crippen LogP contribution is -2.39. The smallest absolute Gasteiger partial charge is 0.255 e. The summed E-state index contributed by atoms with van der Waals surface area (Å²) in [6.07, 6.45) is 0. The van der Waals surface area contributed by atoms with Crippen LogP contribution in [0.4, 0.5) is 11.4 Å². The molecule has 3 aromatic rings. The minimum atomic E-state index is -0.613.